The van der Waals surface area contributed by atoms with Gasteiger partial charge in [-0.1, -0.05) is 74.4 Å². The van der Waals surface area contributed by atoms with Gasteiger partial charge in [0.05, 0.1) is 29.8 Å². The third-order valence-corrected chi connectivity index (χ3v) is 14.6. The lowest BCUT2D eigenvalue weighted by Crippen LogP contribution is -2.58. The first kappa shape index (κ1) is 42.2. The minimum atomic E-state index is -1.74. The van der Waals surface area contributed by atoms with Crippen LogP contribution in [-0.2, 0) is 28.6 Å². The summed E-state index contributed by atoms with van der Waals surface area (Å²) in [5.74, 6) is -4.51. The number of ketones is 1. The van der Waals surface area contributed by atoms with Gasteiger partial charge >= 0.3 is 11.9 Å². The summed E-state index contributed by atoms with van der Waals surface area (Å²) in [5.41, 5.74) is -3.08. The van der Waals surface area contributed by atoms with E-state index in [-0.39, 0.29) is 59.1 Å². The van der Waals surface area contributed by atoms with Crippen LogP contribution in [0.1, 0.15) is 103 Å². The molecule has 2 bridgehead atoms. The number of H-pyrrole nitrogens is 1. The summed E-state index contributed by atoms with van der Waals surface area (Å²) in [4.78, 5) is 57.6. The Morgan fingerprint density at radius 3 is 2.52 bits per heavy atom. The van der Waals surface area contributed by atoms with E-state index >= 15 is 4.79 Å². The van der Waals surface area contributed by atoms with Gasteiger partial charge in [-0.05, 0) is 95.1 Å². The first-order chi connectivity index (χ1) is 27.5. The fourth-order valence-electron chi connectivity index (χ4n) is 11.3. The highest BCUT2D eigenvalue weighted by Gasteiger charge is 2.67. The molecule has 1 amide bonds. The molecule has 2 saturated heterocycles. The van der Waals surface area contributed by atoms with Crippen LogP contribution in [0.2, 0.25) is 5.15 Å². The lowest BCUT2D eigenvalue weighted by Gasteiger charge is -2.55. The molecule has 4 aliphatic carbocycles. The largest absolute Gasteiger partial charge is 0.511 e. The van der Waals surface area contributed by atoms with Crippen molar-refractivity contribution in [3.05, 3.63) is 81.9 Å². The normalized spacial score (nSPS) is 42.8. The Balaban J connectivity index is 1.24. The van der Waals surface area contributed by atoms with Crippen molar-refractivity contribution in [1.82, 2.24) is 10.3 Å². The van der Waals surface area contributed by atoms with Gasteiger partial charge in [0.1, 0.15) is 22.2 Å². The molecule has 3 fully saturated rings. The monoisotopic (exact) mass is 820 g/mol. The van der Waals surface area contributed by atoms with Crippen molar-refractivity contribution in [2.24, 2.45) is 40.4 Å². The highest BCUT2D eigenvalue weighted by atomic mass is 35.5. The molecule has 1 aromatic heterocycles. The molecule has 12 nitrogen and oxygen atoms in total. The van der Waals surface area contributed by atoms with Crippen molar-refractivity contribution in [2.75, 3.05) is 0 Å². The fraction of sp³-hybridized carbons (Fsp3) is 0.600. The Hall–Kier alpha value is -3.97. The zero-order chi connectivity index (χ0) is 41.9. The third kappa shape index (κ3) is 6.91. The number of carboxylic acids is 1. The Morgan fingerprint density at radius 2 is 1.86 bits per heavy atom. The number of esters is 1. The summed E-state index contributed by atoms with van der Waals surface area (Å²) in [5, 5.41) is 37.5. The predicted octanol–water partition coefficient (Wildman–Crippen LogP) is 7.31. The number of fused-ring (bicyclic) bond motifs is 4. The van der Waals surface area contributed by atoms with E-state index in [9.17, 15) is 29.7 Å². The van der Waals surface area contributed by atoms with Crippen LogP contribution in [-0.4, -0.2) is 80.2 Å². The maximum atomic E-state index is 15.1. The summed E-state index contributed by atoms with van der Waals surface area (Å²) in [6, 6.07) is 2.44. The van der Waals surface area contributed by atoms with Gasteiger partial charge < -0.3 is 39.8 Å². The summed E-state index contributed by atoms with van der Waals surface area (Å²) in [6.45, 7) is 11.4. The highest BCUT2D eigenvalue weighted by molar-refractivity contribution is 6.29. The molecular weight excluding hydrogens is 764 g/mol. The SMILES string of the molecule is CC[C@H]1C[C@]23OC(=O)/C(=C(\O)[C@@]4(CC)[C@@H]5CC[C@H](C)[C@H](O[C@H]6C[C@@H](O)[C@H](NC(=O)c7ccc(Cl)[nH]7)[C@@H](C)O6)[C@H]5C=C[C@H]4C/C=C/C/C(C)=C/[C@@]2(C)C=C1C(=O)O)C3=O. The molecule has 1 saturated carbocycles. The van der Waals surface area contributed by atoms with Crippen LogP contribution in [0.15, 0.2) is 71.1 Å². The summed E-state index contributed by atoms with van der Waals surface area (Å²) in [6.07, 6.45) is 12.6. The number of allylic oxidation sites excluding steroid dienone is 5. The van der Waals surface area contributed by atoms with Gasteiger partial charge in [-0.15, -0.1) is 0 Å². The second-order valence-corrected chi connectivity index (χ2v) is 18.1. The Bertz CT molecular complexity index is 1990. The first-order valence-corrected chi connectivity index (χ1v) is 21.2. The number of aromatic nitrogens is 1. The fourth-order valence-corrected chi connectivity index (χ4v) is 11.5. The van der Waals surface area contributed by atoms with Gasteiger partial charge in [-0.25, -0.2) is 9.59 Å². The van der Waals surface area contributed by atoms with Gasteiger partial charge in [-0.3, -0.25) is 9.59 Å². The maximum absolute atomic E-state index is 15.1. The van der Waals surface area contributed by atoms with Gasteiger partial charge in [0.2, 0.25) is 5.78 Å². The van der Waals surface area contributed by atoms with Crippen LogP contribution in [0, 0.1) is 40.4 Å². The molecule has 7 rings (SSSR count). The number of carbonyl (C=O) groups excluding carboxylic acids is 3. The molecule has 3 heterocycles. The number of halogens is 1. The minimum Gasteiger partial charge on any atom is -0.511 e. The van der Waals surface area contributed by atoms with E-state index < -0.39 is 76.6 Å². The topological polar surface area (TPSA) is 184 Å². The number of aliphatic hydroxyl groups excluding tert-OH is 2. The molecule has 6 aliphatic rings. The zero-order valence-electron chi connectivity index (χ0n) is 34.1. The van der Waals surface area contributed by atoms with Crippen LogP contribution in [0.4, 0.5) is 0 Å². The van der Waals surface area contributed by atoms with Crippen molar-refractivity contribution in [1.29, 1.82) is 0 Å². The number of ether oxygens (including phenoxy) is 3. The van der Waals surface area contributed by atoms with Crippen LogP contribution >= 0.6 is 11.6 Å². The van der Waals surface area contributed by atoms with Crippen LogP contribution < -0.4 is 5.32 Å². The molecule has 0 aromatic carbocycles. The van der Waals surface area contributed by atoms with Gasteiger partial charge in [-0.2, -0.15) is 0 Å². The maximum Gasteiger partial charge on any atom is 0.346 e. The second-order valence-electron chi connectivity index (χ2n) is 17.7. The summed E-state index contributed by atoms with van der Waals surface area (Å²) in [7, 11) is 0. The molecule has 314 valence electrons. The number of rotatable bonds is 7. The molecule has 5 N–H and O–H groups in total. The number of carboxylic acid groups (broad SMARTS) is 1. The number of aromatic amines is 1. The molecule has 2 aliphatic heterocycles. The van der Waals surface area contributed by atoms with Gasteiger partial charge in [0, 0.05) is 29.7 Å². The first-order valence-electron chi connectivity index (χ1n) is 20.8. The van der Waals surface area contributed by atoms with E-state index in [4.69, 9.17) is 25.8 Å². The van der Waals surface area contributed by atoms with Crippen molar-refractivity contribution in [3.8, 4) is 0 Å². The summed E-state index contributed by atoms with van der Waals surface area (Å²) >= 11 is 5.97. The molecule has 0 unspecified atom stereocenters. The van der Waals surface area contributed by atoms with E-state index in [0.717, 1.165) is 12.0 Å². The highest BCUT2D eigenvalue weighted by Crippen LogP contribution is 2.61. The Morgan fingerprint density at radius 1 is 1.10 bits per heavy atom. The van der Waals surface area contributed by atoms with Crippen LogP contribution in [0.3, 0.4) is 0 Å². The van der Waals surface area contributed by atoms with Crippen LogP contribution in [0.25, 0.3) is 0 Å². The Kier molecular flexibility index (Phi) is 11.6. The van der Waals surface area contributed by atoms with Crippen molar-refractivity contribution >= 4 is 35.2 Å². The van der Waals surface area contributed by atoms with E-state index in [1.54, 1.807) is 32.1 Å². The van der Waals surface area contributed by atoms with Crippen molar-refractivity contribution in [3.63, 3.8) is 0 Å². The average molecular weight is 821 g/mol. The van der Waals surface area contributed by atoms with E-state index in [2.05, 4.69) is 41.5 Å². The standard InChI is InChI=1S/C45H57ClN2O10/c1-7-26-21-45-39(51)35(42(55)58-45)38(50)44(8-2)27(12-10-9-11-23(3)20-43(45,6)22-29(26)41(53)54)14-15-28-30(44)16-13-24(4)37(28)57-34-19-32(49)36(25(5)56-34)48-40(52)31-17-18-33(46)47-31/h9-10,14-15,17-18,20,22,24-28,30,32,34,36-37,47,49-50H,7-8,11-13,16,19,21H2,1-6H3,(H,48,52)(H,53,54)/b10-9+,23-20+,38-35-/t24-,25+,26-,27+,28-,30+,32+,34-,36+,37-,43-,44+,45+/m0/s1. The number of amides is 1. The van der Waals surface area contributed by atoms with Gasteiger partial charge in [0.15, 0.2) is 11.9 Å². The molecular formula is C45H57ClN2O10. The number of carbonyl (C=O) groups is 4. The van der Waals surface area contributed by atoms with Crippen molar-refractivity contribution in [2.45, 2.75) is 129 Å². The lowest BCUT2D eigenvalue weighted by atomic mass is 9.51. The molecule has 1 spiro atoms. The minimum absolute atomic E-state index is 0.0163. The lowest BCUT2D eigenvalue weighted by molar-refractivity contribution is -0.258. The molecule has 58 heavy (non-hydrogen) atoms. The number of aliphatic hydroxyl groups is 2. The molecule has 1 aromatic rings. The quantitative estimate of drug-likeness (QED) is 0.106. The number of hydrogen-bond acceptors (Lipinski definition) is 9. The smallest absolute Gasteiger partial charge is 0.346 e. The number of nitrogens with one attached hydrogen (secondary N) is 2. The van der Waals surface area contributed by atoms with E-state index in [1.165, 1.54) is 0 Å². The molecule has 0 radical (unpaired) electrons. The number of hydrogen-bond donors (Lipinski definition) is 5. The second kappa shape index (κ2) is 15.9. The van der Waals surface area contributed by atoms with Crippen LogP contribution in [0.5, 0.6) is 0 Å². The molecule has 13 atom stereocenters. The predicted molar refractivity (Wildman–Crippen MR) is 215 cm³/mol. The third-order valence-electron chi connectivity index (χ3n) is 14.4. The number of Topliss-reactive ketones (excluding diaryl/α,β-unsaturated/α-hetero) is 1. The van der Waals surface area contributed by atoms with E-state index in [1.807, 2.05) is 26.8 Å². The van der Waals surface area contributed by atoms with Crippen molar-refractivity contribution < 1.29 is 48.7 Å². The van der Waals surface area contributed by atoms with Gasteiger partial charge in [0.25, 0.3) is 5.91 Å². The Labute approximate surface area is 344 Å². The average Bonchev–Trinajstić information content (AvgIpc) is 3.72. The number of aliphatic carboxylic acids is 1. The summed E-state index contributed by atoms with van der Waals surface area (Å²) < 4.78 is 19.4. The van der Waals surface area contributed by atoms with E-state index in [0.29, 0.717) is 37.3 Å². The zero-order valence-corrected chi connectivity index (χ0v) is 34.9. The molecule has 13 heteroatoms.